The molecule has 0 spiro atoms. The number of nitrogen functional groups attached to an aromatic ring is 1. The molecule has 0 radical (unpaired) electrons. The third-order valence-electron chi connectivity index (χ3n) is 1.15. The number of hydrazine groups is 1. The number of carbonyl (C=O) groups is 1. The van der Waals surface area contributed by atoms with E-state index in [1.165, 1.54) is 18.3 Å². The van der Waals surface area contributed by atoms with Gasteiger partial charge in [0.2, 0.25) is 0 Å². The summed E-state index contributed by atoms with van der Waals surface area (Å²) in [5, 5.41) is 10.2. The fourth-order valence-electron chi connectivity index (χ4n) is 0.600. The van der Waals surface area contributed by atoms with Crippen LogP contribution in [0.25, 0.3) is 0 Å². The quantitative estimate of drug-likeness (QED) is 0.407. The Kier molecular flexibility index (Phi) is 2.03. The predicted octanol–water partition coefficient (Wildman–Crippen LogP) is -1.27. The van der Waals surface area contributed by atoms with Crippen molar-refractivity contribution in [2.75, 3.05) is 5.43 Å². The molecule has 11 heavy (non-hydrogen) atoms. The largest absolute Gasteiger partial charge is 0.545 e. The van der Waals surface area contributed by atoms with Crippen LogP contribution >= 0.6 is 0 Å². The normalized spacial score (nSPS) is 9.18. The van der Waals surface area contributed by atoms with Crippen molar-refractivity contribution in [2.45, 2.75) is 0 Å². The van der Waals surface area contributed by atoms with Crippen LogP contribution in [-0.2, 0) is 0 Å². The zero-order valence-corrected chi connectivity index (χ0v) is 5.57. The van der Waals surface area contributed by atoms with Gasteiger partial charge >= 0.3 is 0 Å². The Balaban J connectivity index is 2.91. The first-order valence-corrected chi connectivity index (χ1v) is 2.88. The molecule has 0 aliphatic carbocycles. The third kappa shape index (κ3) is 1.65. The van der Waals surface area contributed by atoms with Gasteiger partial charge in [0.1, 0.15) is 5.82 Å². The molecular formula is C6H6N3O2-. The fraction of sp³-hybridized carbons (Fsp3) is 0. The molecule has 0 aliphatic heterocycles. The second kappa shape index (κ2) is 2.98. The molecular weight excluding hydrogens is 146 g/mol. The Morgan fingerprint density at radius 2 is 2.36 bits per heavy atom. The number of rotatable bonds is 2. The lowest BCUT2D eigenvalue weighted by molar-refractivity contribution is -0.255. The number of carboxylic acids is 1. The fourth-order valence-corrected chi connectivity index (χ4v) is 0.600. The molecule has 0 saturated carbocycles. The van der Waals surface area contributed by atoms with Crippen molar-refractivity contribution >= 4 is 11.8 Å². The van der Waals surface area contributed by atoms with Crippen LogP contribution < -0.4 is 16.4 Å². The number of hydrogen-bond acceptors (Lipinski definition) is 5. The summed E-state index contributed by atoms with van der Waals surface area (Å²) >= 11 is 0. The van der Waals surface area contributed by atoms with Crippen LogP contribution in [0.4, 0.5) is 5.82 Å². The molecule has 0 saturated heterocycles. The molecule has 5 heteroatoms. The minimum Gasteiger partial charge on any atom is -0.545 e. The number of carbonyl (C=O) groups excluding carboxylic acids is 1. The van der Waals surface area contributed by atoms with E-state index in [0.29, 0.717) is 5.82 Å². The van der Waals surface area contributed by atoms with E-state index in [1.807, 2.05) is 0 Å². The van der Waals surface area contributed by atoms with E-state index in [4.69, 9.17) is 5.84 Å². The SMILES string of the molecule is NNc1ccc(C(=O)[O-])cn1. The molecule has 0 fully saturated rings. The Labute approximate surface area is 62.8 Å². The summed E-state index contributed by atoms with van der Waals surface area (Å²) in [7, 11) is 0. The molecule has 1 aromatic rings. The lowest BCUT2D eigenvalue weighted by Crippen LogP contribution is -2.22. The Hall–Kier alpha value is -1.62. The van der Waals surface area contributed by atoms with Gasteiger partial charge < -0.3 is 15.3 Å². The highest BCUT2D eigenvalue weighted by Gasteiger charge is 1.93. The van der Waals surface area contributed by atoms with Crippen LogP contribution in [0, 0.1) is 0 Å². The van der Waals surface area contributed by atoms with Gasteiger partial charge in [0.25, 0.3) is 0 Å². The van der Waals surface area contributed by atoms with Crippen LogP contribution in [0.1, 0.15) is 10.4 Å². The molecule has 1 aromatic heterocycles. The number of pyridine rings is 1. The molecule has 0 aromatic carbocycles. The zero-order valence-electron chi connectivity index (χ0n) is 5.57. The molecule has 58 valence electrons. The highest BCUT2D eigenvalue weighted by molar-refractivity contribution is 5.85. The van der Waals surface area contributed by atoms with Gasteiger partial charge in [0.15, 0.2) is 0 Å². The molecule has 0 atom stereocenters. The van der Waals surface area contributed by atoms with Crippen LogP contribution in [0.15, 0.2) is 18.3 Å². The number of nitrogens with one attached hydrogen (secondary N) is 1. The van der Waals surface area contributed by atoms with Gasteiger partial charge in [0, 0.05) is 11.8 Å². The summed E-state index contributed by atoms with van der Waals surface area (Å²) in [6, 6.07) is 2.81. The van der Waals surface area contributed by atoms with Crippen molar-refractivity contribution in [1.82, 2.24) is 4.98 Å². The van der Waals surface area contributed by atoms with Gasteiger partial charge in [0.05, 0.1) is 5.97 Å². The summed E-state index contributed by atoms with van der Waals surface area (Å²) in [4.78, 5) is 13.9. The summed E-state index contributed by atoms with van der Waals surface area (Å²) in [5.74, 6) is 4.16. The number of aromatic nitrogens is 1. The highest BCUT2D eigenvalue weighted by atomic mass is 16.4. The van der Waals surface area contributed by atoms with Crippen LogP contribution in [0.2, 0.25) is 0 Å². The van der Waals surface area contributed by atoms with E-state index in [0.717, 1.165) is 0 Å². The van der Waals surface area contributed by atoms with Gasteiger partial charge in [-0.15, -0.1) is 0 Å². The van der Waals surface area contributed by atoms with Crippen LogP contribution in [0.5, 0.6) is 0 Å². The third-order valence-corrected chi connectivity index (χ3v) is 1.15. The zero-order chi connectivity index (χ0) is 8.27. The second-order valence-electron chi connectivity index (χ2n) is 1.86. The van der Waals surface area contributed by atoms with E-state index >= 15 is 0 Å². The maximum absolute atomic E-state index is 10.2. The first kappa shape index (κ1) is 7.49. The number of nitrogens with zero attached hydrogens (tertiary/aromatic N) is 1. The minimum absolute atomic E-state index is 0.0315. The van der Waals surface area contributed by atoms with Crippen molar-refractivity contribution < 1.29 is 9.90 Å². The maximum atomic E-state index is 10.2. The maximum Gasteiger partial charge on any atom is 0.139 e. The van der Waals surface area contributed by atoms with Crippen molar-refractivity contribution in [1.29, 1.82) is 0 Å². The lowest BCUT2D eigenvalue weighted by Gasteiger charge is -2.01. The van der Waals surface area contributed by atoms with Crippen molar-refractivity contribution in [3.63, 3.8) is 0 Å². The average molecular weight is 152 g/mol. The number of nitrogens with two attached hydrogens (primary N) is 1. The number of carboxylic acid groups (broad SMARTS) is 1. The van der Waals surface area contributed by atoms with Crippen molar-refractivity contribution in [3.05, 3.63) is 23.9 Å². The van der Waals surface area contributed by atoms with Gasteiger partial charge in [-0.25, -0.2) is 10.8 Å². The van der Waals surface area contributed by atoms with E-state index < -0.39 is 5.97 Å². The lowest BCUT2D eigenvalue weighted by atomic mass is 10.3. The number of hydrogen-bond donors (Lipinski definition) is 2. The molecule has 5 nitrogen and oxygen atoms in total. The van der Waals surface area contributed by atoms with Crippen molar-refractivity contribution in [2.24, 2.45) is 5.84 Å². The molecule has 0 aliphatic rings. The average Bonchev–Trinajstić information content (AvgIpc) is 2.05. The minimum atomic E-state index is -1.25. The van der Waals surface area contributed by atoms with Crippen LogP contribution in [0.3, 0.4) is 0 Å². The number of anilines is 1. The van der Waals surface area contributed by atoms with Gasteiger partial charge in [-0.05, 0) is 12.1 Å². The molecule has 0 bridgehead atoms. The molecule has 3 N–H and O–H groups in total. The smallest absolute Gasteiger partial charge is 0.139 e. The van der Waals surface area contributed by atoms with E-state index in [2.05, 4.69) is 10.4 Å². The molecule has 1 rings (SSSR count). The van der Waals surface area contributed by atoms with Gasteiger partial charge in [-0.2, -0.15) is 0 Å². The monoisotopic (exact) mass is 152 g/mol. The first-order valence-electron chi connectivity index (χ1n) is 2.88. The predicted molar refractivity (Wildman–Crippen MR) is 36.4 cm³/mol. The molecule has 0 unspecified atom stereocenters. The highest BCUT2D eigenvalue weighted by Crippen LogP contribution is 2.01. The Morgan fingerprint density at radius 1 is 1.64 bits per heavy atom. The Morgan fingerprint density at radius 3 is 2.73 bits per heavy atom. The van der Waals surface area contributed by atoms with Crippen LogP contribution in [-0.4, -0.2) is 11.0 Å². The molecule has 0 amide bonds. The second-order valence-corrected chi connectivity index (χ2v) is 1.86. The van der Waals surface area contributed by atoms with Gasteiger partial charge in [-0.1, -0.05) is 0 Å². The molecule has 1 heterocycles. The summed E-state index contributed by atoms with van der Waals surface area (Å²) in [6.07, 6.45) is 1.17. The summed E-state index contributed by atoms with van der Waals surface area (Å²) in [6.45, 7) is 0. The van der Waals surface area contributed by atoms with E-state index in [9.17, 15) is 9.90 Å². The van der Waals surface area contributed by atoms with Crippen molar-refractivity contribution in [3.8, 4) is 0 Å². The Bertz CT molecular complexity index is 257. The van der Waals surface area contributed by atoms with Gasteiger partial charge in [-0.3, -0.25) is 0 Å². The van der Waals surface area contributed by atoms with E-state index in [-0.39, 0.29) is 5.56 Å². The topological polar surface area (TPSA) is 91.1 Å². The van der Waals surface area contributed by atoms with E-state index in [1.54, 1.807) is 0 Å². The standard InChI is InChI=1S/C6H7N3O2/c7-9-5-2-1-4(3-8-5)6(10)11/h1-3H,7H2,(H,8,9)(H,10,11)/p-1. The number of aromatic carboxylic acids is 1. The summed E-state index contributed by atoms with van der Waals surface area (Å²) in [5.41, 5.74) is 2.30. The summed E-state index contributed by atoms with van der Waals surface area (Å²) < 4.78 is 0. The first-order chi connectivity index (χ1) is 5.24.